The number of anilines is 2. The molecule has 3 aromatic rings. The Morgan fingerprint density at radius 1 is 1.00 bits per heavy atom. The van der Waals surface area contributed by atoms with E-state index in [0.717, 1.165) is 74.3 Å². The first-order valence-electron chi connectivity index (χ1n) is 12.1. The molecule has 2 aliphatic heterocycles. The summed E-state index contributed by atoms with van der Waals surface area (Å²) in [7, 11) is 2.20. The molecule has 176 valence electrons. The van der Waals surface area contributed by atoms with Crippen molar-refractivity contribution >= 4 is 34.0 Å². The minimum absolute atomic E-state index is 0.585. The highest BCUT2D eigenvalue weighted by molar-refractivity contribution is 6.30. The molecule has 0 aliphatic carbocycles. The minimum Gasteiger partial charge on any atom is -0.370 e. The molecule has 2 saturated heterocycles. The summed E-state index contributed by atoms with van der Waals surface area (Å²) >= 11 is 6.03. The molecular weight excluding hydrogens is 444 g/mol. The molecule has 7 heteroatoms. The van der Waals surface area contributed by atoms with E-state index in [-0.39, 0.29) is 0 Å². The normalized spacial score (nSPS) is 18.2. The summed E-state index contributed by atoms with van der Waals surface area (Å²) in [5, 5.41) is 15.4. The molecular formula is C27H31ClN6. The Kier molecular flexibility index (Phi) is 6.87. The van der Waals surface area contributed by atoms with Crippen LogP contribution in [0.15, 0.2) is 48.5 Å². The molecule has 5 rings (SSSR count). The number of nitrogens with zero attached hydrogens (tertiary/aromatic N) is 5. The first-order valence-corrected chi connectivity index (χ1v) is 12.5. The van der Waals surface area contributed by atoms with Gasteiger partial charge in [0.05, 0.1) is 11.2 Å². The van der Waals surface area contributed by atoms with Gasteiger partial charge in [-0.2, -0.15) is 5.26 Å². The number of nitrogens with one attached hydrogen (secondary N) is 1. The Labute approximate surface area is 206 Å². The van der Waals surface area contributed by atoms with Crippen LogP contribution in [0.5, 0.6) is 0 Å². The Hall–Kier alpha value is -2.85. The third kappa shape index (κ3) is 4.83. The van der Waals surface area contributed by atoms with Gasteiger partial charge in [0.2, 0.25) is 0 Å². The van der Waals surface area contributed by atoms with E-state index in [2.05, 4.69) is 39.2 Å². The number of pyridine rings is 1. The number of para-hydroxylation sites is 1. The third-order valence-corrected chi connectivity index (χ3v) is 7.44. The number of fused-ring (bicyclic) bond motifs is 1. The van der Waals surface area contributed by atoms with Crippen molar-refractivity contribution in [3.63, 3.8) is 0 Å². The van der Waals surface area contributed by atoms with Crippen LogP contribution in [0.25, 0.3) is 10.9 Å². The zero-order valence-electron chi connectivity index (χ0n) is 19.7. The number of hydrogen-bond acceptors (Lipinski definition) is 6. The zero-order chi connectivity index (χ0) is 23.5. The first-order chi connectivity index (χ1) is 16.6. The Balaban J connectivity index is 1.40. The van der Waals surface area contributed by atoms with Crippen LogP contribution in [0.2, 0.25) is 5.02 Å². The quantitative estimate of drug-likeness (QED) is 0.583. The summed E-state index contributed by atoms with van der Waals surface area (Å²) in [5.74, 6) is 0.646. The van der Waals surface area contributed by atoms with Crippen LogP contribution in [0.3, 0.4) is 0 Å². The largest absolute Gasteiger partial charge is 0.370 e. The van der Waals surface area contributed by atoms with Crippen molar-refractivity contribution in [3.05, 3.63) is 64.7 Å². The van der Waals surface area contributed by atoms with Crippen LogP contribution in [0, 0.1) is 11.3 Å². The van der Waals surface area contributed by atoms with Gasteiger partial charge >= 0.3 is 0 Å². The van der Waals surface area contributed by atoms with Crippen molar-refractivity contribution in [3.8, 4) is 6.07 Å². The number of piperidine rings is 1. The van der Waals surface area contributed by atoms with Crippen molar-refractivity contribution in [1.82, 2.24) is 14.8 Å². The lowest BCUT2D eigenvalue weighted by Crippen LogP contribution is -2.52. The molecule has 0 saturated carbocycles. The lowest BCUT2D eigenvalue weighted by molar-refractivity contribution is 0.0982. The molecule has 0 unspecified atom stereocenters. The molecule has 2 fully saturated rings. The Morgan fingerprint density at radius 3 is 2.41 bits per heavy atom. The molecule has 2 aromatic carbocycles. The van der Waals surface area contributed by atoms with Gasteiger partial charge < -0.3 is 15.1 Å². The van der Waals surface area contributed by atoms with E-state index in [1.807, 2.05) is 42.5 Å². The summed E-state index contributed by atoms with van der Waals surface area (Å²) in [6, 6.07) is 19.0. The molecule has 0 amide bonds. The van der Waals surface area contributed by atoms with E-state index in [0.29, 0.717) is 29.0 Å². The maximum absolute atomic E-state index is 10.2. The number of nitriles is 1. The topological polar surface area (TPSA) is 58.4 Å². The van der Waals surface area contributed by atoms with Crippen LogP contribution in [-0.4, -0.2) is 67.1 Å². The summed E-state index contributed by atoms with van der Waals surface area (Å²) in [4.78, 5) is 12.3. The number of rotatable bonds is 5. The molecule has 1 N–H and O–H groups in total. The van der Waals surface area contributed by atoms with Crippen molar-refractivity contribution < 1.29 is 0 Å². The standard InChI is InChI=1S/C27H31ClN6/c1-32-14-16-33(17-15-32)22-10-12-34(13-11-22)26-23-4-2-3-5-25(23)31-27(24(26)18-29)30-19-20-6-8-21(28)9-7-20/h2-9,22H,10-17,19H2,1H3,(H,30,31). The fourth-order valence-electron chi connectivity index (χ4n) is 5.19. The monoisotopic (exact) mass is 474 g/mol. The van der Waals surface area contributed by atoms with E-state index in [4.69, 9.17) is 16.6 Å². The van der Waals surface area contributed by atoms with Gasteiger partial charge in [0.15, 0.2) is 0 Å². The van der Waals surface area contributed by atoms with Crippen LogP contribution in [0.1, 0.15) is 24.0 Å². The van der Waals surface area contributed by atoms with Crippen molar-refractivity contribution in [2.45, 2.75) is 25.4 Å². The molecule has 0 radical (unpaired) electrons. The van der Waals surface area contributed by atoms with Crippen LogP contribution >= 0.6 is 11.6 Å². The van der Waals surface area contributed by atoms with E-state index in [1.54, 1.807) is 0 Å². The van der Waals surface area contributed by atoms with Crippen LogP contribution in [-0.2, 0) is 6.54 Å². The number of piperazine rings is 1. The van der Waals surface area contributed by atoms with E-state index < -0.39 is 0 Å². The molecule has 0 bridgehead atoms. The number of halogens is 1. The van der Waals surface area contributed by atoms with Crippen LogP contribution in [0.4, 0.5) is 11.5 Å². The SMILES string of the molecule is CN1CCN(C2CCN(c3c(C#N)c(NCc4ccc(Cl)cc4)nc4ccccc34)CC2)CC1. The zero-order valence-corrected chi connectivity index (χ0v) is 20.4. The van der Waals surface area contributed by atoms with Gasteiger partial charge in [0.1, 0.15) is 17.5 Å². The number of hydrogen-bond donors (Lipinski definition) is 1. The van der Waals surface area contributed by atoms with Gasteiger partial charge in [-0.25, -0.2) is 4.98 Å². The van der Waals surface area contributed by atoms with Crippen LogP contribution < -0.4 is 10.2 Å². The van der Waals surface area contributed by atoms with Gasteiger partial charge in [-0.1, -0.05) is 41.9 Å². The molecule has 1 aromatic heterocycles. The second-order valence-electron chi connectivity index (χ2n) is 9.35. The Morgan fingerprint density at radius 2 is 1.71 bits per heavy atom. The van der Waals surface area contributed by atoms with Gasteiger partial charge in [0.25, 0.3) is 0 Å². The number of likely N-dealkylation sites (N-methyl/N-ethyl adjacent to an activating group) is 1. The predicted octanol–water partition coefficient (Wildman–Crippen LogP) is 4.59. The van der Waals surface area contributed by atoms with E-state index >= 15 is 0 Å². The lowest BCUT2D eigenvalue weighted by atomic mass is 9.99. The highest BCUT2D eigenvalue weighted by Crippen LogP contribution is 2.36. The smallest absolute Gasteiger partial charge is 0.147 e. The Bertz CT molecular complexity index is 1170. The lowest BCUT2D eigenvalue weighted by Gasteiger charge is -2.43. The van der Waals surface area contributed by atoms with Crippen molar-refractivity contribution in [2.24, 2.45) is 0 Å². The summed E-state index contributed by atoms with van der Waals surface area (Å²) in [5.41, 5.74) is 3.66. The fourth-order valence-corrected chi connectivity index (χ4v) is 5.31. The first kappa shape index (κ1) is 22.9. The number of benzene rings is 2. The molecule has 0 atom stereocenters. The second-order valence-corrected chi connectivity index (χ2v) is 9.79. The van der Waals surface area contributed by atoms with E-state index in [1.165, 1.54) is 0 Å². The molecule has 6 nitrogen and oxygen atoms in total. The van der Waals surface area contributed by atoms with Gasteiger partial charge in [0, 0.05) is 62.3 Å². The van der Waals surface area contributed by atoms with Gasteiger partial charge in [-0.15, -0.1) is 0 Å². The average Bonchev–Trinajstić information content (AvgIpc) is 2.88. The molecule has 0 spiro atoms. The fraction of sp³-hybridized carbons (Fsp3) is 0.407. The van der Waals surface area contributed by atoms with E-state index in [9.17, 15) is 5.26 Å². The highest BCUT2D eigenvalue weighted by atomic mass is 35.5. The number of aromatic nitrogens is 1. The maximum Gasteiger partial charge on any atom is 0.147 e. The van der Waals surface area contributed by atoms with Gasteiger partial charge in [-0.05, 0) is 43.7 Å². The average molecular weight is 475 g/mol. The molecule has 34 heavy (non-hydrogen) atoms. The summed E-state index contributed by atoms with van der Waals surface area (Å²) in [6.45, 7) is 7.10. The van der Waals surface area contributed by atoms with Crippen molar-refractivity contribution in [2.75, 3.05) is 56.5 Å². The third-order valence-electron chi connectivity index (χ3n) is 7.19. The predicted molar refractivity (Wildman–Crippen MR) is 140 cm³/mol. The maximum atomic E-state index is 10.2. The van der Waals surface area contributed by atoms with Crippen molar-refractivity contribution in [1.29, 1.82) is 5.26 Å². The molecule has 2 aliphatic rings. The molecule has 3 heterocycles. The van der Waals surface area contributed by atoms with Gasteiger partial charge in [-0.3, -0.25) is 4.90 Å². The summed E-state index contributed by atoms with van der Waals surface area (Å²) < 4.78 is 0. The summed E-state index contributed by atoms with van der Waals surface area (Å²) in [6.07, 6.45) is 2.25. The highest BCUT2D eigenvalue weighted by Gasteiger charge is 2.29. The minimum atomic E-state index is 0.585. The second kappa shape index (κ2) is 10.2.